The van der Waals surface area contributed by atoms with E-state index in [0.717, 1.165) is 5.56 Å². The van der Waals surface area contributed by atoms with Gasteiger partial charge in [0.15, 0.2) is 11.0 Å². The molecule has 1 aromatic carbocycles. The quantitative estimate of drug-likeness (QED) is 0.311. The molecule has 0 aliphatic rings. The Bertz CT molecular complexity index is 1170. The zero-order valence-corrected chi connectivity index (χ0v) is 17.6. The van der Waals surface area contributed by atoms with Gasteiger partial charge in [0, 0.05) is 16.9 Å². The third-order valence-corrected chi connectivity index (χ3v) is 5.89. The van der Waals surface area contributed by atoms with Crippen LogP contribution in [0.15, 0.2) is 49.5 Å². The average Bonchev–Trinajstić information content (AvgIpc) is 3.34. The van der Waals surface area contributed by atoms with Crippen molar-refractivity contribution >= 4 is 45.6 Å². The molecule has 3 heterocycles. The summed E-state index contributed by atoms with van der Waals surface area (Å²) in [5.41, 5.74) is 1.45. The molecule has 0 saturated heterocycles. The van der Waals surface area contributed by atoms with Crippen LogP contribution in [0.1, 0.15) is 19.7 Å². The van der Waals surface area contributed by atoms with Crippen molar-refractivity contribution in [1.82, 2.24) is 19.7 Å². The third kappa shape index (κ3) is 3.99. The molecule has 0 fully saturated rings. The Hall–Kier alpha value is -2.16. The van der Waals surface area contributed by atoms with Crippen LogP contribution in [-0.2, 0) is 12.3 Å². The van der Waals surface area contributed by atoms with E-state index in [4.69, 9.17) is 16.1 Å². The number of thioether (sulfide) groups is 1. The number of halogens is 1. The van der Waals surface area contributed by atoms with Crippen molar-refractivity contribution in [2.24, 2.45) is 5.92 Å². The van der Waals surface area contributed by atoms with Crippen LogP contribution in [-0.4, -0.2) is 19.7 Å². The molecule has 0 bridgehead atoms. The normalized spacial score (nSPS) is 11.6. The van der Waals surface area contributed by atoms with Gasteiger partial charge in [-0.2, -0.15) is 16.3 Å². The minimum atomic E-state index is -0.0872. The van der Waals surface area contributed by atoms with Gasteiger partial charge in [-0.3, -0.25) is 9.36 Å². The first-order chi connectivity index (χ1) is 13.5. The van der Waals surface area contributed by atoms with Crippen molar-refractivity contribution in [2.45, 2.75) is 31.3 Å². The standard InChI is InChI=1S/C19H17ClN4O2S2/c1-11(2)8-24-18(25)14-7-13(20)3-4-15(14)21-19(24)28-10-16-22-17(26-23-16)12-5-6-27-9-12/h3-7,9,11H,8,10H2,1-2H3. The first kappa shape index (κ1) is 19.2. The first-order valence-corrected chi connectivity index (χ1v) is 11.0. The Morgan fingerprint density at radius 1 is 1.29 bits per heavy atom. The lowest BCUT2D eigenvalue weighted by Gasteiger charge is -2.14. The van der Waals surface area contributed by atoms with E-state index in [2.05, 4.69) is 29.0 Å². The van der Waals surface area contributed by atoms with Crippen LogP contribution in [0.25, 0.3) is 22.4 Å². The van der Waals surface area contributed by atoms with E-state index < -0.39 is 0 Å². The Kier molecular flexibility index (Phi) is 5.52. The fourth-order valence-electron chi connectivity index (χ4n) is 2.75. The lowest BCUT2D eigenvalue weighted by molar-refractivity contribution is 0.425. The highest BCUT2D eigenvalue weighted by atomic mass is 35.5. The molecule has 0 saturated carbocycles. The van der Waals surface area contributed by atoms with Gasteiger partial charge in [0.1, 0.15) is 0 Å². The predicted molar refractivity (Wildman–Crippen MR) is 113 cm³/mol. The van der Waals surface area contributed by atoms with Gasteiger partial charge in [-0.1, -0.05) is 42.4 Å². The maximum atomic E-state index is 13.0. The lowest BCUT2D eigenvalue weighted by Crippen LogP contribution is -2.25. The Morgan fingerprint density at radius 3 is 2.89 bits per heavy atom. The van der Waals surface area contributed by atoms with E-state index in [-0.39, 0.29) is 5.56 Å². The molecule has 0 amide bonds. The van der Waals surface area contributed by atoms with Gasteiger partial charge < -0.3 is 4.52 Å². The smallest absolute Gasteiger partial charge is 0.262 e. The van der Waals surface area contributed by atoms with Crippen molar-refractivity contribution < 1.29 is 4.52 Å². The van der Waals surface area contributed by atoms with Crippen LogP contribution in [0.4, 0.5) is 0 Å². The summed E-state index contributed by atoms with van der Waals surface area (Å²) in [4.78, 5) is 22.1. The molecular weight excluding hydrogens is 416 g/mol. The van der Waals surface area contributed by atoms with Gasteiger partial charge in [-0.25, -0.2) is 4.98 Å². The SMILES string of the molecule is CC(C)Cn1c(SCc2noc(-c3ccsc3)n2)nc2ccc(Cl)cc2c1=O. The highest BCUT2D eigenvalue weighted by molar-refractivity contribution is 7.98. The van der Waals surface area contributed by atoms with Crippen molar-refractivity contribution in [3.8, 4) is 11.5 Å². The summed E-state index contributed by atoms with van der Waals surface area (Å²) < 4.78 is 7.03. The molecule has 6 nitrogen and oxygen atoms in total. The minimum Gasteiger partial charge on any atom is -0.334 e. The second-order valence-corrected chi connectivity index (χ2v) is 8.84. The van der Waals surface area contributed by atoms with E-state index >= 15 is 0 Å². The molecule has 0 aliphatic heterocycles. The average molecular weight is 433 g/mol. The molecule has 0 atom stereocenters. The predicted octanol–water partition coefficient (Wildman–Crippen LogP) is 5.11. The second-order valence-electron chi connectivity index (χ2n) is 6.68. The fourth-order valence-corrected chi connectivity index (χ4v) is 4.41. The van der Waals surface area contributed by atoms with Crippen LogP contribution in [0.3, 0.4) is 0 Å². The van der Waals surface area contributed by atoms with Crippen LogP contribution < -0.4 is 5.56 Å². The summed E-state index contributed by atoms with van der Waals surface area (Å²) in [7, 11) is 0. The van der Waals surface area contributed by atoms with Gasteiger partial charge in [0.2, 0.25) is 0 Å². The molecule has 4 aromatic rings. The number of fused-ring (bicyclic) bond motifs is 1. The monoisotopic (exact) mass is 432 g/mol. The maximum Gasteiger partial charge on any atom is 0.262 e. The zero-order valence-electron chi connectivity index (χ0n) is 15.3. The van der Waals surface area contributed by atoms with Crippen molar-refractivity contribution in [3.63, 3.8) is 0 Å². The molecule has 3 aromatic heterocycles. The molecule has 144 valence electrons. The fraction of sp³-hybridized carbons (Fsp3) is 0.263. The molecule has 0 N–H and O–H groups in total. The largest absolute Gasteiger partial charge is 0.334 e. The molecule has 4 rings (SSSR count). The first-order valence-electron chi connectivity index (χ1n) is 8.69. The van der Waals surface area contributed by atoms with Crippen LogP contribution in [0.2, 0.25) is 5.02 Å². The van der Waals surface area contributed by atoms with Crippen molar-refractivity contribution in [1.29, 1.82) is 0 Å². The van der Waals surface area contributed by atoms with Crippen LogP contribution in [0, 0.1) is 5.92 Å². The van der Waals surface area contributed by atoms with E-state index in [1.165, 1.54) is 11.8 Å². The number of benzene rings is 1. The van der Waals surface area contributed by atoms with Crippen LogP contribution in [0.5, 0.6) is 0 Å². The summed E-state index contributed by atoms with van der Waals surface area (Å²) in [6.45, 7) is 4.70. The van der Waals surface area contributed by atoms with Crippen molar-refractivity contribution in [2.75, 3.05) is 0 Å². The summed E-state index contributed by atoms with van der Waals surface area (Å²) in [6.07, 6.45) is 0. The van der Waals surface area contributed by atoms with Gasteiger partial charge in [0.25, 0.3) is 11.4 Å². The number of thiophene rings is 1. The number of hydrogen-bond donors (Lipinski definition) is 0. The molecule has 0 spiro atoms. The van der Waals surface area contributed by atoms with E-state index in [1.807, 2.05) is 16.8 Å². The summed E-state index contributed by atoms with van der Waals surface area (Å²) in [6, 6.07) is 7.12. The van der Waals surface area contributed by atoms with E-state index in [1.54, 1.807) is 34.1 Å². The van der Waals surface area contributed by atoms with Gasteiger partial charge in [-0.15, -0.1) is 0 Å². The number of nitrogens with zero attached hydrogens (tertiary/aromatic N) is 4. The Balaban J connectivity index is 1.65. The molecule has 0 unspecified atom stereocenters. The summed E-state index contributed by atoms with van der Waals surface area (Å²) in [5, 5.41) is 9.64. The van der Waals surface area contributed by atoms with Crippen molar-refractivity contribution in [3.05, 3.63) is 56.2 Å². The lowest BCUT2D eigenvalue weighted by atomic mass is 10.2. The van der Waals surface area contributed by atoms with E-state index in [9.17, 15) is 4.79 Å². The number of aromatic nitrogens is 4. The highest BCUT2D eigenvalue weighted by Gasteiger charge is 2.15. The zero-order chi connectivity index (χ0) is 19.7. The number of hydrogen-bond acceptors (Lipinski definition) is 7. The molecule has 0 radical (unpaired) electrons. The summed E-state index contributed by atoms with van der Waals surface area (Å²) in [5.74, 6) is 1.81. The minimum absolute atomic E-state index is 0.0872. The third-order valence-electron chi connectivity index (χ3n) is 4.00. The Labute approximate surface area is 174 Å². The molecule has 28 heavy (non-hydrogen) atoms. The second kappa shape index (κ2) is 8.06. The van der Waals surface area contributed by atoms with Crippen LogP contribution >= 0.6 is 34.7 Å². The Morgan fingerprint density at radius 2 is 2.14 bits per heavy atom. The molecular formula is C19H17ClN4O2S2. The van der Waals surface area contributed by atoms with Gasteiger partial charge >= 0.3 is 0 Å². The topological polar surface area (TPSA) is 73.8 Å². The van der Waals surface area contributed by atoms with Gasteiger partial charge in [0.05, 0.1) is 22.2 Å². The van der Waals surface area contributed by atoms with E-state index in [0.29, 0.717) is 51.0 Å². The highest BCUT2D eigenvalue weighted by Crippen LogP contribution is 2.25. The molecule has 0 aliphatic carbocycles. The number of rotatable bonds is 6. The summed E-state index contributed by atoms with van der Waals surface area (Å²) >= 11 is 9.06. The van der Waals surface area contributed by atoms with Gasteiger partial charge in [-0.05, 0) is 35.6 Å². The maximum absolute atomic E-state index is 13.0. The molecule has 9 heteroatoms.